The molecule has 0 aromatic heterocycles. The van der Waals surface area contributed by atoms with Gasteiger partial charge in [0.2, 0.25) is 0 Å². The molecular weight excluding hydrogens is 472 g/mol. The maximum atomic E-state index is 11.7. The molecule has 0 heterocycles. The number of rotatable bonds is 8. The van der Waals surface area contributed by atoms with E-state index in [1.807, 2.05) is 27.7 Å². The average molecular weight is 511 g/mol. The van der Waals surface area contributed by atoms with Crippen LogP contribution in [0.15, 0.2) is 73.8 Å². The number of benzene rings is 3. The molecular formula is C34H38O4. The highest BCUT2D eigenvalue weighted by molar-refractivity contribution is 5.84. The molecule has 198 valence electrons. The van der Waals surface area contributed by atoms with Gasteiger partial charge in [-0.25, -0.2) is 9.59 Å². The normalized spacial score (nSPS) is 11.6. The second-order valence-electron chi connectivity index (χ2n) is 11.0. The van der Waals surface area contributed by atoms with E-state index in [4.69, 9.17) is 9.47 Å². The smallest absolute Gasteiger partial charge is 0.335 e. The Morgan fingerprint density at radius 2 is 0.842 bits per heavy atom. The summed E-state index contributed by atoms with van der Waals surface area (Å²) in [4.78, 5) is 23.5. The van der Waals surface area contributed by atoms with Gasteiger partial charge in [0.25, 0.3) is 0 Å². The minimum atomic E-state index is -0.459. The Morgan fingerprint density at radius 1 is 0.579 bits per heavy atom. The first-order chi connectivity index (χ1) is 17.7. The molecule has 3 aromatic carbocycles. The molecule has 3 aromatic rings. The second kappa shape index (κ2) is 10.8. The number of hydrogen-bond donors (Lipinski definition) is 0. The number of ether oxygens (including phenoxy) is 2. The van der Waals surface area contributed by atoms with E-state index in [0.717, 1.165) is 33.4 Å². The van der Waals surface area contributed by atoms with Crippen LogP contribution in [0.1, 0.15) is 72.2 Å². The Kier molecular flexibility index (Phi) is 8.16. The molecule has 4 nitrogen and oxygen atoms in total. The number of carbonyl (C=O) groups excluding carboxylic acids is 2. The molecule has 0 atom stereocenters. The average Bonchev–Trinajstić information content (AvgIpc) is 2.87. The van der Waals surface area contributed by atoms with Gasteiger partial charge in [-0.3, -0.25) is 0 Å². The molecule has 0 aliphatic heterocycles. The van der Waals surface area contributed by atoms with E-state index in [1.165, 1.54) is 23.3 Å². The Morgan fingerprint density at radius 3 is 1.08 bits per heavy atom. The quantitative estimate of drug-likeness (QED) is 0.177. The minimum Gasteiger partial charge on any atom is -0.423 e. The lowest BCUT2D eigenvalue weighted by molar-refractivity contribution is -0.129. The number of carbonyl (C=O) groups is 2. The van der Waals surface area contributed by atoms with Crippen molar-refractivity contribution in [3.63, 3.8) is 0 Å². The van der Waals surface area contributed by atoms with E-state index in [1.54, 1.807) is 0 Å². The number of aryl methyl sites for hydroxylation is 4. The third-order valence-corrected chi connectivity index (χ3v) is 7.43. The van der Waals surface area contributed by atoms with E-state index in [2.05, 4.69) is 89.4 Å². The standard InChI is InChI=1S/C34H38O4/c1-11-29(35)37-31-21(3)17-27(18-22(31)4)33(7,8)25-13-15-26(16-14-25)34(9,10)28-19-23(5)32(24(6)20-28)38-30(36)12-2/h11-20H,1-2H2,3-10H3. The lowest BCUT2D eigenvalue weighted by atomic mass is 9.74. The monoisotopic (exact) mass is 510 g/mol. The van der Waals surface area contributed by atoms with Gasteiger partial charge >= 0.3 is 11.9 Å². The Bertz CT molecular complexity index is 1250. The van der Waals surface area contributed by atoms with Gasteiger partial charge in [0.1, 0.15) is 11.5 Å². The molecule has 0 unspecified atom stereocenters. The molecule has 0 spiro atoms. The third kappa shape index (κ3) is 5.65. The van der Waals surface area contributed by atoms with Crippen molar-refractivity contribution in [2.75, 3.05) is 0 Å². The highest BCUT2D eigenvalue weighted by Gasteiger charge is 2.28. The van der Waals surface area contributed by atoms with Crippen molar-refractivity contribution in [1.82, 2.24) is 0 Å². The Hall–Kier alpha value is -3.92. The fourth-order valence-corrected chi connectivity index (χ4v) is 4.87. The van der Waals surface area contributed by atoms with E-state index >= 15 is 0 Å². The van der Waals surface area contributed by atoms with E-state index in [0.29, 0.717) is 11.5 Å². The third-order valence-electron chi connectivity index (χ3n) is 7.43. The van der Waals surface area contributed by atoms with Gasteiger partial charge in [-0.15, -0.1) is 0 Å². The predicted molar refractivity (Wildman–Crippen MR) is 154 cm³/mol. The molecule has 0 saturated heterocycles. The topological polar surface area (TPSA) is 52.6 Å². The summed E-state index contributed by atoms with van der Waals surface area (Å²) in [6, 6.07) is 17.1. The van der Waals surface area contributed by atoms with Crippen LogP contribution in [-0.2, 0) is 20.4 Å². The first-order valence-electron chi connectivity index (χ1n) is 12.7. The summed E-state index contributed by atoms with van der Waals surface area (Å²) in [7, 11) is 0. The molecule has 4 heteroatoms. The second-order valence-corrected chi connectivity index (χ2v) is 11.0. The molecule has 0 aliphatic carbocycles. The van der Waals surface area contributed by atoms with Crippen molar-refractivity contribution in [3.8, 4) is 11.5 Å². The maximum absolute atomic E-state index is 11.7. The van der Waals surface area contributed by atoms with Crippen LogP contribution in [0.4, 0.5) is 0 Å². The summed E-state index contributed by atoms with van der Waals surface area (Å²) in [6.45, 7) is 23.6. The highest BCUT2D eigenvalue weighted by Crippen LogP contribution is 2.39. The zero-order chi connectivity index (χ0) is 28.4. The van der Waals surface area contributed by atoms with Crippen molar-refractivity contribution in [1.29, 1.82) is 0 Å². The molecule has 0 aliphatic rings. The van der Waals surface area contributed by atoms with Crippen molar-refractivity contribution in [2.45, 2.75) is 66.2 Å². The summed E-state index contributed by atoms with van der Waals surface area (Å²) >= 11 is 0. The van der Waals surface area contributed by atoms with Gasteiger partial charge in [-0.05, 0) is 72.2 Å². The molecule has 0 radical (unpaired) electrons. The largest absolute Gasteiger partial charge is 0.423 e. The predicted octanol–water partition coefficient (Wildman–Crippen LogP) is 7.75. The van der Waals surface area contributed by atoms with E-state index in [-0.39, 0.29) is 10.8 Å². The molecule has 0 N–H and O–H groups in total. The summed E-state index contributed by atoms with van der Waals surface area (Å²) in [5.74, 6) is 0.253. The van der Waals surface area contributed by atoms with Crippen LogP contribution in [-0.4, -0.2) is 11.9 Å². The van der Waals surface area contributed by atoms with E-state index < -0.39 is 11.9 Å². The van der Waals surface area contributed by atoms with Gasteiger partial charge in [0.15, 0.2) is 0 Å². The maximum Gasteiger partial charge on any atom is 0.335 e. The van der Waals surface area contributed by atoms with Crippen LogP contribution in [0.5, 0.6) is 11.5 Å². The zero-order valence-electron chi connectivity index (χ0n) is 23.8. The SMILES string of the molecule is C=CC(=O)Oc1c(C)cc(C(C)(C)c2ccc(C(C)(C)c3cc(C)c(OC(=O)C=C)c(C)c3)cc2)cc1C. The van der Waals surface area contributed by atoms with Gasteiger partial charge < -0.3 is 9.47 Å². The van der Waals surface area contributed by atoms with Gasteiger partial charge in [-0.2, -0.15) is 0 Å². The lowest BCUT2D eigenvalue weighted by Gasteiger charge is -2.31. The Balaban J connectivity index is 1.94. The van der Waals surface area contributed by atoms with Gasteiger partial charge in [0.05, 0.1) is 0 Å². The number of hydrogen-bond acceptors (Lipinski definition) is 4. The molecule has 0 amide bonds. The summed E-state index contributed by atoms with van der Waals surface area (Å²) in [5, 5.41) is 0. The highest BCUT2D eigenvalue weighted by atomic mass is 16.5. The van der Waals surface area contributed by atoms with Crippen molar-refractivity contribution in [3.05, 3.63) is 118 Å². The molecule has 0 fully saturated rings. The first kappa shape index (κ1) is 28.6. The summed E-state index contributed by atoms with van der Waals surface area (Å²) in [5.41, 5.74) is 7.79. The minimum absolute atomic E-state index is 0.261. The van der Waals surface area contributed by atoms with Crippen LogP contribution in [0.2, 0.25) is 0 Å². The van der Waals surface area contributed by atoms with Crippen molar-refractivity contribution < 1.29 is 19.1 Å². The van der Waals surface area contributed by atoms with Gasteiger partial charge in [-0.1, -0.05) is 89.4 Å². The molecule has 0 saturated carbocycles. The van der Waals surface area contributed by atoms with Crippen LogP contribution in [0, 0.1) is 27.7 Å². The van der Waals surface area contributed by atoms with E-state index in [9.17, 15) is 9.59 Å². The summed E-state index contributed by atoms with van der Waals surface area (Å²) in [6.07, 6.45) is 2.35. The zero-order valence-corrected chi connectivity index (χ0v) is 23.8. The van der Waals surface area contributed by atoms with Crippen LogP contribution < -0.4 is 9.47 Å². The fourth-order valence-electron chi connectivity index (χ4n) is 4.87. The summed E-state index contributed by atoms with van der Waals surface area (Å²) < 4.78 is 10.9. The molecule has 0 bridgehead atoms. The Labute approximate surface area is 227 Å². The molecule has 3 rings (SSSR count). The van der Waals surface area contributed by atoms with Crippen LogP contribution in [0.25, 0.3) is 0 Å². The fraction of sp³-hybridized carbons (Fsp3) is 0.294. The number of esters is 2. The van der Waals surface area contributed by atoms with Crippen LogP contribution >= 0.6 is 0 Å². The van der Waals surface area contributed by atoms with Crippen LogP contribution in [0.3, 0.4) is 0 Å². The first-order valence-corrected chi connectivity index (χ1v) is 12.7. The van der Waals surface area contributed by atoms with Crippen molar-refractivity contribution in [2.24, 2.45) is 0 Å². The molecule has 38 heavy (non-hydrogen) atoms. The van der Waals surface area contributed by atoms with Gasteiger partial charge in [0, 0.05) is 23.0 Å². The van der Waals surface area contributed by atoms with Crippen molar-refractivity contribution >= 4 is 11.9 Å². The lowest BCUT2D eigenvalue weighted by Crippen LogP contribution is -2.22.